The monoisotopic (exact) mass is 448 g/mol. The third kappa shape index (κ3) is 2.64. The van der Waals surface area contributed by atoms with Crippen LogP contribution in [0.1, 0.15) is 5.56 Å². The van der Waals surface area contributed by atoms with Gasteiger partial charge in [0.2, 0.25) is 6.71 Å². The van der Waals surface area contributed by atoms with E-state index in [0.717, 1.165) is 43.7 Å². The Morgan fingerprint density at radius 2 is 1.32 bits per heavy atom. The van der Waals surface area contributed by atoms with Crippen LogP contribution in [0.3, 0.4) is 0 Å². The number of alkyl halides is 3. The highest BCUT2D eigenvalue weighted by Crippen LogP contribution is 2.45. The number of fused-ring (bicyclic) bond motifs is 1. The molecule has 1 nitrogen and oxygen atoms in total. The van der Waals surface area contributed by atoms with Crippen molar-refractivity contribution in [2.24, 2.45) is 0 Å². The first-order chi connectivity index (χ1) is 16.5. The summed E-state index contributed by atoms with van der Waals surface area (Å²) in [6, 6.07) is 30.3. The number of hydrogen-bond acceptors (Lipinski definition) is 1. The molecule has 0 aromatic heterocycles. The predicted octanol–water partition coefficient (Wildman–Crippen LogP) is 6.22. The lowest BCUT2D eigenvalue weighted by atomic mass is 9.36. The number of benzene rings is 6. The molecule has 0 saturated heterocycles. The van der Waals surface area contributed by atoms with Crippen LogP contribution in [0.25, 0.3) is 32.3 Å². The number of rotatable bonds is 1. The highest BCUT2D eigenvalue weighted by atomic mass is 19.4. The maximum Gasteiger partial charge on any atom is 0.417 e. The average Bonchev–Trinajstić information content (AvgIpc) is 2.98. The van der Waals surface area contributed by atoms with E-state index >= 15 is 0 Å². The number of para-hydroxylation sites is 1. The van der Waals surface area contributed by atoms with Crippen LogP contribution in [0.5, 0.6) is 11.5 Å². The van der Waals surface area contributed by atoms with Gasteiger partial charge in [-0.2, -0.15) is 13.2 Å². The second-order valence-corrected chi connectivity index (χ2v) is 8.81. The maximum atomic E-state index is 13.9. The molecule has 6 aromatic rings. The summed E-state index contributed by atoms with van der Waals surface area (Å²) < 4.78 is 48.2. The van der Waals surface area contributed by atoms with Gasteiger partial charge in [-0.15, -0.1) is 0 Å². The molecule has 0 atom stereocenters. The molecule has 5 heteroatoms. The van der Waals surface area contributed by atoms with E-state index in [-0.39, 0.29) is 12.1 Å². The number of halogens is 3. The molecule has 0 amide bonds. The third-order valence-corrected chi connectivity index (χ3v) is 6.96. The molecule has 162 valence electrons. The zero-order chi connectivity index (χ0) is 23.0. The van der Waals surface area contributed by atoms with Gasteiger partial charge in [-0.25, -0.2) is 0 Å². The molecule has 1 aliphatic heterocycles. The van der Waals surface area contributed by atoms with Gasteiger partial charge < -0.3 is 4.74 Å². The van der Waals surface area contributed by atoms with E-state index in [9.17, 15) is 13.2 Å². The van der Waals surface area contributed by atoms with Gasteiger partial charge in [-0.05, 0) is 45.2 Å². The van der Waals surface area contributed by atoms with Crippen LogP contribution in [0.2, 0.25) is 0 Å². The number of hydrogen-bond donors (Lipinski definition) is 0. The van der Waals surface area contributed by atoms with Crippen LogP contribution >= 0.6 is 0 Å². The van der Waals surface area contributed by atoms with Gasteiger partial charge in [-0.1, -0.05) is 89.8 Å². The molecule has 0 unspecified atom stereocenters. The molecule has 0 N–H and O–H groups in total. The van der Waals surface area contributed by atoms with Crippen LogP contribution in [-0.4, -0.2) is 6.71 Å². The van der Waals surface area contributed by atoms with E-state index in [2.05, 4.69) is 24.3 Å². The Bertz CT molecular complexity index is 1720. The van der Waals surface area contributed by atoms with E-state index in [1.807, 2.05) is 48.5 Å². The van der Waals surface area contributed by atoms with Gasteiger partial charge in [-0.3, -0.25) is 0 Å². The molecule has 1 aliphatic rings. The van der Waals surface area contributed by atoms with Crippen molar-refractivity contribution in [3.05, 3.63) is 103 Å². The molecule has 0 radical (unpaired) electrons. The molecule has 1 heterocycles. The molecule has 0 spiro atoms. The molecule has 34 heavy (non-hydrogen) atoms. The Hall–Kier alpha value is -3.99. The van der Waals surface area contributed by atoms with E-state index in [0.29, 0.717) is 11.1 Å². The van der Waals surface area contributed by atoms with Crippen LogP contribution in [0.15, 0.2) is 97.1 Å². The smallest absolute Gasteiger partial charge is 0.417 e. The Labute approximate surface area is 193 Å². The van der Waals surface area contributed by atoms with Crippen molar-refractivity contribution in [3.63, 3.8) is 0 Å². The largest absolute Gasteiger partial charge is 0.457 e. The van der Waals surface area contributed by atoms with Crippen molar-refractivity contribution in [2.75, 3.05) is 0 Å². The molecule has 0 fully saturated rings. The van der Waals surface area contributed by atoms with Crippen LogP contribution < -0.4 is 21.1 Å². The SMILES string of the molecule is FC(F)(F)c1ccc2cc3c4c(ccc5ccc1c2c54)B(c1ccccc1)c1ccccc1O3. The molecule has 6 aromatic carbocycles. The van der Waals surface area contributed by atoms with E-state index in [1.54, 1.807) is 18.2 Å². The highest BCUT2D eigenvalue weighted by Gasteiger charge is 2.35. The molecule has 0 saturated carbocycles. The predicted molar refractivity (Wildman–Crippen MR) is 133 cm³/mol. The molecule has 0 bridgehead atoms. The van der Waals surface area contributed by atoms with E-state index in [4.69, 9.17) is 4.74 Å². The third-order valence-electron chi connectivity index (χ3n) is 6.96. The van der Waals surface area contributed by atoms with Crippen molar-refractivity contribution < 1.29 is 17.9 Å². The Morgan fingerprint density at radius 3 is 2.15 bits per heavy atom. The van der Waals surface area contributed by atoms with Gasteiger partial charge in [0.1, 0.15) is 11.5 Å². The molecular weight excluding hydrogens is 432 g/mol. The summed E-state index contributed by atoms with van der Waals surface area (Å²) in [7, 11) is 0. The highest BCUT2D eigenvalue weighted by molar-refractivity contribution is 6.97. The summed E-state index contributed by atoms with van der Waals surface area (Å²) in [4.78, 5) is 0. The lowest BCUT2D eigenvalue weighted by Crippen LogP contribution is -2.51. The van der Waals surface area contributed by atoms with Gasteiger partial charge >= 0.3 is 6.18 Å². The molecule has 7 rings (SSSR count). The Morgan fingerprint density at radius 1 is 0.588 bits per heavy atom. The quantitative estimate of drug-likeness (QED) is 0.214. The fraction of sp³-hybridized carbons (Fsp3) is 0.0345. The summed E-state index contributed by atoms with van der Waals surface area (Å²) in [5.74, 6) is 1.43. The first kappa shape index (κ1) is 19.5. The minimum atomic E-state index is -4.43. The van der Waals surface area contributed by atoms with Crippen molar-refractivity contribution in [1.82, 2.24) is 0 Å². The molecule has 0 aliphatic carbocycles. The van der Waals surface area contributed by atoms with Crippen LogP contribution in [0.4, 0.5) is 13.2 Å². The zero-order valence-electron chi connectivity index (χ0n) is 17.9. The second-order valence-electron chi connectivity index (χ2n) is 8.81. The summed E-state index contributed by atoms with van der Waals surface area (Å²) in [6.45, 7) is -0.106. The van der Waals surface area contributed by atoms with Gasteiger partial charge in [0.15, 0.2) is 0 Å². The maximum absolute atomic E-state index is 13.9. The van der Waals surface area contributed by atoms with Gasteiger partial charge in [0, 0.05) is 10.8 Å². The normalized spacial score (nSPS) is 13.3. The minimum Gasteiger partial charge on any atom is -0.457 e. The lowest BCUT2D eigenvalue weighted by molar-refractivity contribution is -0.136. The Balaban J connectivity index is 1.68. The second kappa shape index (κ2) is 6.77. The minimum absolute atomic E-state index is 0.106. The first-order valence-electron chi connectivity index (χ1n) is 11.1. The van der Waals surface area contributed by atoms with E-state index in [1.165, 1.54) is 6.07 Å². The van der Waals surface area contributed by atoms with Crippen molar-refractivity contribution >= 4 is 55.4 Å². The zero-order valence-corrected chi connectivity index (χ0v) is 17.9. The fourth-order valence-corrected chi connectivity index (χ4v) is 5.57. The topological polar surface area (TPSA) is 9.23 Å². The fourth-order valence-electron chi connectivity index (χ4n) is 5.57. The lowest BCUT2D eigenvalue weighted by Gasteiger charge is -2.20. The Kier molecular flexibility index (Phi) is 3.88. The summed E-state index contributed by atoms with van der Waals surface area (Å²) in [5, 5.41) is 4.19. The van der Waals surface area contributed by atoms with Gasteiger partial charge in [0.25, 0.3) is 0 Å². The summed E-state index contributed by atoms with van der Waals surface area (Å²) in [6.07, 6.45) is -4.43. The van der Waals surface area contributed by atoms with Crippen molar-refractivity contribution in [1.29, 1.82) is 0 Å². The van der Waals surface area contributed by atoms with E-state index < -0.39 is 11.7 Å². The van der Waals surface area contributed by atoms with Gasteiger partial charge in [0.05, 0.1) is 5.56 Å². The standard InChI is InChI=1S/C29H16BF3O/c31-29(32,33)21-14-11-18-16-25-28-23(15-12-17-10-13-20(21)26(18)27(17)28)30(19-6-2-1-3-7-19)22-8-4-5-9-24(22)34-25/h1-16H. The molecular formula is C29H16BF3O. The van der Waals surface area contributed by atoms with Crippen LogP contribution in [-0.2, 0) is 6.18 Å². The van der Waals surface area contributed by atoms with Crippen LogP contribution in [0, 0.1) is 0 Å². The summed E-state index contributed by atoms with van der Waals surface area (Å²) in [5.41, 5.74) is 2.56. The van der Waals surface area contributed by atoms with Crippen molar-refractivity contribution in [3.8, 4) is 11.5 Å². The number of ether oxygens (including phenoxy) is 1. The average molecular weight is 448 g/mol. The van der Waals surface area contributed by atoms with Crippen molar-refractivity contribution in [2.45, 2.75) is 6.18 Å². The summed E-state index contributed by atoms with van der Waals surface area (Å²) >= 11 is 0. The first-order valence-corrected chi connectivity index (χ1v) is 11.1.